The van der Waals surface area contributed by atoms with Gasteiger partial charge >= 0.3 is 6.09 Å². The van der Waals surface area contributed by atoms with E-state index in [0.717, 1.165) is 0 Å². The molecule has 2 fully saturated rings. The molecule has 0 unspecified atom stereocenters. The first kappa shape index (κ1) is 24.5. The molecule has 35 heavy (non-hydrogen) atoms. The lowest BCUT2D eigenvalue weighted by molar-refractivity contribution is -0.119. The van der Waals surface area contributed by atoms with Gasteiger partial charge in [0.25, 0.3) is 0 Å². The predicted molar refractivity (Wildman–Crippen MR) is 128 cm³/mol. The summed E-state index contributed by atoms with van der Waals surface area (Å²) in [5.41, 5.74) is 1.39. The molecule has 2 saturated heterocycles. The van der Waals surface area contributed by atoms with Crippen LogP contribution in [-0.4, -0.2) is 80.5 Å². The summed E-state index contributed by atoms with van der Waals surface area (Å²) in [6.45, 7) is 2.28. The number of nitrogens with zero attached hydrogens (tertiary/aromatic N) is 3. The van der Waals surface area contributed by atoms with E-state index in [2.05, 4.69) is 10.4 Å². The third kappa shape index (κ3) is 5.88. The largest absolute Gasteiger partial charge is 0.507 e. The fourth-order valence-corrected chi connectivity index (χ4v) is 4.97. The highest BCUT2D eigenvalue weighted by molar-refractivity contribution is 7.91. The minimum absolute atomic E-state index is 0.0373. The Morgan fingerprint density at radius 1 is 1.26 bits per heavy atom. The molecule has 2 aromatic carbocycles. The van der Waals surface area contributed by atoms with Crippen LogP contribution in [0.3, 0.4) is 0 Å². The second-order valence-corrected chi connectivity index (χ2v) is 10.6. The second-order valence-electron chi connectivity index (χ2n) is 8.34. The van der Waals surface area contributed by atoms with Gasteiger partial charge in [0.1, 0.15) is 17.7 Å². The Morgan fingerprint density at radius 2 is 2.00 bits per heavy atom. The monoisotopic (exact) mass is 504 g/mol. The van der Waals surface area contributed by atoms with Crippen LogP contribution in [0.4, 0.5) is 14.9 Å². The first-order valence-corrected chi connectivity index (χ1v) is 12.8. The molecule has 0 bridgehead atoms. The van der Waals surface area contributed by atoms with Crippen LogP contribution in [-0.2, 0) is 19.4 Å². The number of sulfone groups is 1. The molecule has 2 N–H and O–H groups in total. The van der Waals surface area contributed by atoms with E-state index in [1.165, 1.54) is 36.2 Å². The van der Waals surface area contributed by atoms with Gasteiger partial charge in [0.2, 0.25) is 5.91 Å². The molecule has 2 aliphatic heterocycles. The number of phenolic OH excluding ortho intramolecular Hbond substituents is 1. The number of nitrogens with one attached hydrogen (secondary N) is 1. The van der Waals surface area contributed by atoms with Crippen LogP contribution in [0.2, 0.25) is 0 Å². The van der Waals surface area contributed by atoms with Crippen LogP contribution >= 0.6 is 0 Å². The number of anilines is 1. The minimum Gasteiger partial charge on any atom is -0.507 e. The maximum atomic E-state index is 15.0. The van der Waals surface area contributed by atoms with Crippen LogP contribution in [0.15, 0.2) is 41.5 Å². The molecule has 12 heteroatoms. The van der Waals surface area contributed by atoms with Crippen LogP contribution in [0.1, 0.15) is 12.5 Å². The highest BCUT2D eigenvalue weighted by atomic mass is 32.2. The number of rotatable bonds is 6. The zero-order chi connectivity index (χ0) is 25.2. The molecule has 0 saturated carbocycles. The average Bonchev–Trinajstić information content (AvgIpc) is 3.18. The molecule has 2 aromatic rings. The first-order valence-electron chi connectivity index (χ1n) is 11.0. The van der Waals surface area contributed by atoms with Gasteiger partial charge in [-0.25, -0.2) is 17.6 Å². The summed E-state index contributed by atoms with van der Waals surface area (Å²) in [6, 6.07) is 8.94. The van der Waals surface area contributed by atoms with Gasteiger partial charge < -0.3 is 15.2 Å². The van der Waals surface area contributed by atoms with Crippen LogP contribution in [0.5, 0.6) is 5.75 Å². The minimum atomic E-state index is -3.01. The summed E-state index contributed by atoms with van der Waals surface area (Å²) >= 11 is 0. The van der Waals surface area contributed by atoms with Gasteiger partial charge in [-0.05, 0) is 35.9 Å². The lowest BCUT2D eigenvalue weighted by Gasteiger charge is -2.23. The quantitative estimate of drug-likeness (QED) is 0.573. The highest BCUT2D eigenvalue weighted by Gasteiger charge is 2.32. The number of hydrogen-bond acceptors (Lipinski definition) is 8. The Kier molecular flexibility index (Phi) is 6.92. The van der Waals surface area contributed by atoms with Crippen molar-refractivity contribution in [2.45, 2.75) is 13.0 Å². The zero-order valence-corrected chi connectivity index (χ0v) is 19.8. The van der Waals surface area contributed by atoms with Crippen LogP contribution in [0, 0.1) is 5.82 Å². The topological polar surface area (TPSA) is 129 Å². The lowest BCUT2D eigenvalue weighted by atomic mass is 10.0. The maximum absolute atomic E-state index is 15.0. The number of aromatic hydroxyl groups is 1. The summed E-state index contributed by atoms with van der Waals surface area (Å²) in [4.78, 5) is 24.5. The summed E-state index contributed by atoms with van der Waals surface area (Å²) in [6.07, 6.45) is 0.280. The van der Waals surface area contributed by atoms with Crippen molar-refractivity contribution >= 4 is 33.7 Å². The van der Waals surface area contributed by atoms with Crippen molar-refractivity contribution in [1.82, 2.24) is 10.3 Å². The van der Waals surface area contributed by atoms with Crippen LogP contribution in [0.25, 0.3) is 11.1 Å². The van der Waals surface area contributed by atoms with E-state index in [0.29, 0.717) is 16.8 Å². The number of phenols is 1. The molecule has 0 spiro atoms. The SMILES string of the molecule is CC(=O)NC[C@H]1CN(c2ccc(-c3ccc(/C=N/N4CCS(=O)(=O)CC4)c(O)c3)c(F)c2)C(=O)O1. The number of cyclic esters (lactones) is 1. The molecule has 10 nitrogen and oxygen atoms in total. The number of benzene rings is 2. The predicted octanol–water partition coefficient (Wildman–Crippen LogP) is 1.72. The summed E-state index contributed by atoms with van der Waals surface area (Å²) in [5.74, 6) is -0.859. The molecule has 2 heterocycles. The molecule has 0 radical (unpaired) electrons. The van der Waals surface area contributed by atoms with E-state index in [1.54, 1.807) is 23.2 Å². The van der Waals surface area contributed by atoms with E-state index >= 15 is 0 Å². The summed E-state index contributed by atoms with van der Waals surface area (Å²) < 4.78 is 43.2. The Labute approximate surface area is 201 Å². The standard InChI is InChI=1S/C23H25FN4O6S/c1-15(29)25-13-19-14-28(23(31)34-19)18-4-5-20(21(24)11-18)16-2-3-17(22(30)10-16)12-26-27-6-8-35(32,33)9-7-27/h2-5,10-12,19,30H,6-9,13-14H2,1H3,(H,25,29)/b26-12+/t19-/m0/s1. The van der Waals surface area contributed by atoms with E-state index in [-0.39, 0.29) is 54.9 Å². The van der Waals surface area contributed by atoms with Gasteiger partial charge in [-0.3, -0.25) is 14.7 Å². The van der Waals surface area contributed by atoms with Gasteiger partial charge in [0, 0.05) is 18.1 Å². The molecule has 0 aromatic heterocycles. The van der Waals surface area contributed by atoms with Gasteiger partial charge in [-0.15, -0.1) is 0 Å². The Morgan fingerprint density at radius 3 is 2.66 bits per heavy atom. The molecular weight excluding hydrogens is 479 g/mol. The number of halogens is 1. The molecule has 1 atom stereocenters. The second kappa shape index (κ2) is 9.90. The van der Waals surface area contributed by atoms with Gasteiger partial charge in [0.15, 0.2) is 9.84 Å². The van der Waals surface area contributed by atoms with E-state index in [9.17, 15) is 27.5 Å². The number of carbonyl (C=O) groups is 2. The zero-order valence-electron chi connectivity index (χ0n) is 19.0. The number of amides is 2. The number of hydrogen-bond donors (Lipinski definition) is 2. The van der Waals surface area contributed by atoms with Gasteiger partial charge in [-0.2, -0.15) is 5.10 Å². The fourth-order valence-electron chi connectivity index (χ4n) is 3.78. The molecule has 4 rings (SSSR count). The van der Waals surface area contributed by atoms with Crippen molar-refractivity contribution in [2.75, 3.05) is 42.6 Å². The average molecular weight is 505 g/mol. The Balaban J connectivity index is 1.45. The van der Waals surface area contributed by atoms with E-state index < -0.39 is 27.9 Å². The van der Waals surface area contributed by atoms with Crippen molar-refractivity contribution in [2.24, 2.45) is 5.10 Å². The van der Waals surface area contributed by atoms with Crippen LogP contribution < -0.4 is 10.2 Å². The highest BCUT2D eigenvalue weighted by Crippen LogP contribution is 2.31. The fraction of sp³-hybridized carbons (Fsp3) is 0.348. The summed E-state index contributed by atoms with van der Waals surface area (Å²) in [5, 5.41) is 18.8. The Bertz CT molecular complexity index is 1270. The number of ether oxygens (including phenoxy) is 1. The lowest BCUT2D eigenvalue weighted by Crippen LogP contribution is -2.37. The molecule has 0 aliphatic carbocycles. The Hall–Kier alpha value is -3.67. The number of carbonyl (C=O) groups excluding carboxylic acids is 2. The number of hydrazone groups is 1. The van der Waals surface area contributed by atoms with Crippen molar-refractivity contribution in [3.05, 3.63) is 47.8 Å². The molecule has 2 amide bonds. The summed E-state index contributed by atoms with van der Waals surface area (Å²) in [7, 11) is -3.01. The normalized spacial score (nSPS) is 19.7. The first-order chi connectivity index (χ1) is 16.6. The van der Waals surface area contributed by atoms with Crippen molar-refractivity contribution in [3.8, 4) is 16.9 Å². The van der Waals surface area contributed by atoms with Gasteiger partial charge in [-0.1, -0.05) is 6.07 Å². The van der Waals surface area contributed by atoms with Gasteiger partial charge in [0.05, 0.1) is 49.6 Å². The van der Waals surface area contributed by atoms with Crippen molar-refractivity contribution < 1.29 is 32.2 Å². The molecule has 2 aliphatic rings. The molecule has 186 valence electrons. The third-order valence-corrected chi connectivity index (χ3v) is 7.35. The maximum Gasteiger partial charge on any atom is 0.414 e. The van der Waals surface area contributed by atoms with Crippen molar-refractivity contribution in [1.29, 1.82) is 0 Å². The van der Waals surface area contributed by atoms with E-state index in [1.807, 2.05) is 0 Å². The van der Waals surface area contributed by atoms with Crippen molar-refractivity contribution in [3.63, 3.8) is 0 Å². The van der Waals surface area contributed by atoms with E-state index in [4.69, 9.17) is 4.74 Å². The smallest absolute Gasteiger partial charge is 0.414 e. The molecular formula is C23H25FN4O6S. The third-order valence-electron chi connectivity index (χ3n) is 5.74.